The lowest BCUT2D eigenvalue weighted by atomic mass is 10.0. The average molecular weight is 299 g/mol. The minimum Gasteiger partial charge on any atom is -0.236 e. The molecule has 3 rings (SSSR count). The highest BCUT2D eigenvalue weighted by Crippen LogP contribution is 2.21. The Hall–Kier alpha value is -2.99. The third-order valence-electron chi connectivity index (χ3n) is 3.75. The number of nitrogens with zero attached hydrogens (tertiary/aromatic N) is 3. The van der Waals surface area contributed by atoms with Gasteiger partial charge < -0.3 is 0 Å². The summed E-state index contributed by atoms with van der Waals surface area (Å²) in [5.41, 5.74) is 5.03. The molecule has 0 bridgehead atoms. The van der Waals surface area contributed by atoms with Crippen molar-refractivity contribution in [2.24, 2.45) is 0 Å². The predicted molar refractivity (Wildman–Crippen MR) is 91.6 cm³/mol. The Labute approximate surface area is 136 Å². The van der Waals surface area contributed by atoms with E-state index in [-0.39, 0.29) is 0 Å². The van der Waals surface area contributed by atoms with Gasteiger partial charge in [0.05, 0.1) is 11.6 Å². The van der Waals surface area contributed by atoms with Crippen LogP contribution in [0.25, 0.3) is 22.5 Å². The number of rotatable bonds is 4. The third kappa shape index (κ3) is 3.44. The van der Waals surface area contributed by atoms with Gasteiger partial charge in [-0.25, -0.2) is 9.97 Å². The molecule has 23 heavy (non-hydrogen) atoms. The van der Waals surface area contributed by atoms with Crippen molar-refractivity contribution < 1.29 is 0 Å². The van der Waals surface area contributed by atoms with E-state index < -0.39 is 0 Å². The van der Waals surface area contributed by atoms with Gasteiger partial charge in [0, 0.05) is 23.5 Å². The van der Waals surface area contributed by atoms with Gasteiger partial charge >= 0.3 is 0 Å². The fraction of sp³-hybridized carbons (Fsp3) is 0.150. The van der Waals surface area contributed by atoms with E-state index in [2.05, 4.69) is 47.2 Å². The van der Waals surface area contributed by atoms with Crippen molar-refractivity contribution in [2.45, 2.75) is 19.8 Å². The van der Waals surface area contributed by atoms with Gasteiger partial charge in [-0.3, -0.25) is 0 Å². The van der Waals surface area contributed by atoms with E-state index in [1.807, 2.05) is 24.5 Å². The topological polar surface area (TPSA) is 49.6 Å². The highest BCUT2D eigenvalue weighted by atomic mass is 14.9. The zero-order valence-corrected chi connectivity index (χ0v) is 13.0. The largest absolute Gasteiger partial charge is 0.236 e. The van der Waals surface area contributed by atoms with Crippen LogP contribution in [0.3, 0.4) is 0 Å². The molecule has 112 valence electrons. The Morgan fingerprint density at radius 2 is 1.43 bits per heavy atom. The van der Waals surface area contributed by atoms with Crippen molar-refractivity contribution in [2.75, 3.05) is 0 Å². The molecule has 3 aromatic rings. The minimum atomic E-state index is 0.637. The summed E-state index contributed by atoms with van der Waals surface area (Å²) in [5.74, 6) is 0.667. The molecule has 1 aromatic heterocycles. The normalized spacial score (nSPS) is 10.3. The molecule has 0 aliphatic rings. The van der Waals surface area contributed by atoms with E-state index >= 15 is 0 Å². The lowest BCUT2D eigenvalue weighted by Gasteiger charge is -2.05. The molecule has 0 fully saturated rings. The number of hydrogen-bond donors (Lipinski definition) is 0. The zero-order valence-electron chi connectivity index (χ0n) is 13.0. The molecule has 3 nitrogen and oxygen atoms in total. The van der Waals surface area contributed by atoms with Gasteiger partial charge in [-0.2, -0.15) is 5.26 Å². The van der Waals surface area contributed by atoms with E-state index in [9.17, 15) is 0 Å². The van der Waals surface area contributed by atoms with Gasteiger partial charge in [0.25, 0.3) is 0 Å². The smallest absolute Gasteiger partial charge is 0.159 e. The molecule has 2 aromatic carbocycles. The monoisotopic (exact) mass is 299 g/mol. The molecule has 0 N–H and O–H groups in total. The SMILES string of the molecule is CCCc1ccc(-c2cnc(-c3ccc(C#N)cc3)nc2)cc1. The van der Waals surface area contributed by atoms with E-state index in [0.29, 0.717) is 11.4 Å². The van der Waals surface area contributed by atoms with Gasteiger partial charge in [-0.15, -0.1) is 0 Å². The first-order valence-corrected chi connectivity index (χ1v) is 7.72. The maximum atomic E-state index is 8.83. The summed E-state index contributed by atoms with van der Waals surface area (Å²) in [7, 11) is 0. The molecular weight excluding hydrogens is 282 g/mol. The molecule has 0 aliphatic heterocycles. The molecule has 0 spiro atoms. The summed E-state index contributed by atoms with van der Waals surface area (Å²) in [6.45, 7) is 2.18. The van der Waals surface area contributed by atoms with Crippen LogP contribution in [0, 0.1) is 11.3 Å². The first-order chi connectivity index (χ1) is 11.3. The molecule has 0 amide bonds. The maximum absolute atomic E-state index is 8.83. The summed E-state index contributed by atoms with van der Waals surface area (Å²) < 4.78 is 0. The lowest BCUT2D eigenvalue weighted by Crippen LogP contribution is -1.90. The van der Waals surface area contributed by atoms with Crippen LogP contribution in [0.1, 0.15) is 24.5 Å². The van der Waals surface area contributed by atoms with Crippen LogP contribution >= 0.6 is 0 Å². The van der Waals surface area contributed by atoms with Crippen molar-refractivity contribution in [1.29, 1.82) is 5.26 Å². The molecule has 0 saturated carbocycles. The van der Waals surface area contributed by atoms with E-state index in [1.165, 1.54) is 5.56 Å². The van der Waals surface area contributed by atoms with Crippen LogP contribution in [-0.2, 0) is 6.42 Å². The molecule has 0 unspecified atom stereocenters. The van der Waals surface area contributed by atoms with Gasteiger partial charge in [0.1, 0.15) is 0 Å². The van der Waals surface area contributed by atoms with Crippen LogP contribution in [0.15, 0.2) is 60.9 Å². The summed E-state index contributed by atoms with van der Waals surface area (Å²) in [5, 5.41) is 8.83. The first-order valence-electron chi connectivity index (χ1n) is 7.72. The minimum absolute atomic E-state index is 0.637. The first kappa shape index (κ1) is 14.9. The molecule has 3 heteroatoms. The Morgan fingerprint density at radius 1 is 0.826 bits per heavy atom. The Morgan fingerprint density at radius 3 is 2.00 bits per heavy atom. The lowest BCUT2D eigenvalue weighted by molar-refractivity contribution is 0.922. The van der Waals surface area contributed by atoms with E-state index in [4.69, 9.17) is 5.26 Å². The molecule has 0 atom stereocenters. The molecule has 0 saturated heterocycles. The number of aromatic nitrogens is 2. The van der Waals surface area contributed by atoms with Crippen LogP contribution in [0.2, 0.25) is 0 Å². The van der Waals surface area contributed by atoms with E-state index in [0.717, 1.165) is 29.5 Å². The average Bonchev–Trinajstić information content (AvgIpc) is 2.63. The number of hydrogen-bond acceptors (Lipinski definition) is 3. The van der Waals surface area contributed by atoms with Crippen LogP contribution in [0.5, 0.6) is 0 Å². The number of nitriles is 1. The second-order valence-corrected chi connectivity index (χ2v) is 5.43. The second kappa shape index (κ2) is 6.85. The number of aryl methyl sites for hydroxylation is 1. The van der Waals surface area contributed by atoms with Crippen molar-refractivity contribution >= 4 is 0 Å². The van der Waals surface area contributed by atoms with Crippen LogP contribution in [-0.4, -0.2) is 9.97 Å². The Bertz CT molecular complexity index is 811. The maximum Gasteiger partial charge on any atom is 0.159 e. The van der Waals surface area contributed by atoms with Crippen molar-refractivity contribution in [3.05, 3.63) is 72.1 Å². The summed E-state index contributed by atoms with van der Waals surface area (Å²) in [4.78, 5) is 8.89. The van der Waals surface area contributed by atoms with Crippen molar-refractivity contribution in [1.82, 2.24) is 9.97 Å². The van der Waals surface area contributed by atoms with Gasteiger partial charge in [-0.1, -0.05) is 37.6 Å². The fourth-order valence-corrected chi connectivity index (χ4v) is 2.47. The van der Waals surface area contributed by atoms with Crippen LogP contribution in [0.4, 0.5) is 0 Å². The third-order valence-corrected chi connectivity index (χ3v) is 3.75. The summed E-state index contributed by atoms with van der Waals surface area (Å²) in [6, 6.07) is 18.0. The fourth-order valence-electron chi connectivity index (χ4n) is 2.47. The molecular formula is C20H17N3. The standard InChI is InChI=1S/C20H17N3/c1-2-3-15-4-8-17(9-5-15)19-13-22-20(23-14-19)18-10-6-16(12-21)7-11-18/h4-11,13-14H,2-3H2,1H3. The highest BCUT2D eigenvalue weighted by molar-refractivity contribution is 5.64. The predicted octanol–water partition coefficient (Wildman–Crippen LogP) is 4.63. The highest BCUT2D eigenvalue weighted by Gasteiger charge is 2.04. The molecule has 0 radical (unpaired) electrons. The summed E-state index contributed by atoms with van der Waals surface area (Å²) in [6.07, 6.45) is 5.95. The molecule has 1 heterocycles. The second-order valence-electron chi connectivity index (χ2n) is 5.43. The van der Waals surface area contributed by atoms with Crippen molar-refractivity contribution in [3.8, 4) is 28.6 Å². The zero-order chi connectivity index (χ0) is 16.1. The quantitative estimate of drug-likeness (QED) is 0.705. The summed E-state index contributed by atoms with van der Waals surface area (Å²) >= 11 is 0. The van der Waals surface area contributed by atoms with Gasteiger partial charge in [-0.05, 0) is 41.8 Å². The Kier molecular flexibility index (Phi) is 4.44. The van der Waals surface area contributed by atoms with Crippen molar-refractivity contribution in [3.63, 3.8) is 0 Å². The van der Waals surface area contributed by atoms with Crippen LogP contribution < -0.4 is 0 Å². The van der Waals surface area contributed by atoms with Gasteiger partial charge in [0.15, 0.2) is 5.82 Å². The van der Waals surface area contributed by atoms with Gasteiger partial charge in [0.2, 0.25) is 0 Å². The number of benzene rings is 2. The van der Waals surface area contributed by atoms with E-state index in [1.54, 1.807) is 12.1 Å². The Balaban J connectivity index is 1.82. The molecule has 0 aliphatic carbocycles.